The molecule has 1 heteroatoms. The number of unbranched alkanes of at least 4 members (excludes halogenated alkanes) is 2. The molecule has 0 aliphatic heterocycles. The quantitative estimate of drug-likeness (QED) is 0.408. The van der Waals surface area contributed by atoms with Crippen molar-refractivity contribution in [1.29, 1.82) is 0 Å². The molecule has 1 aromatic heterocycles. The number of hydrogen-bond donors (Lipinski definition) is 0. The summed E-state index contributed by atoms with van der Waals surface area (Å²) in [6, 6.07) is 13.6. The Bertz CT molecular complexity index is 662. The summed E-state index contributed by atoms with van der Waals surface area (Å²) in [6.45, 7) is 4.55. The Morgan fingerprint density at radius 1 is 0.714 bits per heavy atom. The van der Waals surface area contributed by atoms with Crippen LogP contribution in [0.25, 0.3) is 11.3 Å². The van der Waals surface area contributed by atoms with Crippen molar-refractivity contribution < 1.29 is 0 Å². The first-order chi connectivity index (χ1) is 13.8. The normalized spacial score (nSPS) is 19.6. The molecule has 152 valence electrons. The van der Waals surface area contributed by atoms with E-state index in [0.717, 1.165) is 24.0 Å². The number of aromatic nitrogens is 1. The zero-order valence-electron chi connectivity index (χ0n) is 18.1. The van der Waals surface area contributed by atoms with Gasteiger partial charge < -0.3 is 0 Å². The van der Waals surface area contributed by atoms with Crippen molar-refractivity contribution >= 4 is 0 Å². The molecule has 1 nitrogen and oxygen atoms in total. The molecule has 0 radical (unpaired) electrons. The van der Waals surface area contributed by atoms with Crippen molar-refractivity contribution in [2.24, 2.45) is 11.8 Å². The van der Waals surface area contributed by atoms with E-state index >= 15 is 0 Å². The summed E-state index contributed by atoms with van der Waals surface area (Å²) in [7, 11) is 0. The van der Waals surface area contributed by atoms with E-state index in [0.29, 0.717) is 0 Å². The van der Waals surface area contributed by atoms with Crippen LogP contribution in [-0.2, 0) is 12.8 Å². The average molecular weight is 378 g/mol. The third-order valence-corrected chi connectivity index (χ3v) is 6.67. The molecule has 0 spiro atoms. The molecule has 0 bridgehead atoms. The van der Waals surface area contributed by atoms with Gasteiger partial charge in [-0.25, -0.2) is 0 Å². The van der Waals surface area contributed by atoms with E-state index in [1.54, 1.807) is 0 Å². The smallest absolute Gasteiger partial charge is 0.0702 e. The standard InChI is InChI=1S/C27H39N/c1-3-5-7-22-9-11-23(12-10-22)13-14-24-15-18-26(19-16-24)27-20-17-25(21-28-27)8-6-4-2/h15-23H,3-14H2,1-2H3/t22-,23-. The minimum absolute atomic E-state index is 0.954. The van der Waals surface area contributed by atoms with Crippen LogP contribution >= 0.6 is 0 Å². The third-order valence-electron chi connectivity index (χ3n) is 6.67. The number of hydrogen-bond acceptors (Lipinski definition) is 1. The molecular formula is C27H39N. The Balaban J connectivity index is 1.44. The van der Waals surface area contributed by atoms with E-state index in [1.165, 1.54) is 87.3 Å². The highest BCUT2D eigenvalue weighted by atomic mass is 14.7. The topological polar surface area (TPSA) is 12.9 Å². The molecule has 28 heavy (non-hydrogen) atoms. The lowest BCUT2D eigenvalue weighted by Gasteiger charge is -2.28. The Labute approximate surface area is 173 Å². The van der Waals surface area contributed by atoms with Crippen LogP contribution < -0.4 is 0 Å². The molecule has 1 saturated carbocycles. The van der Waals surface area contributed by atoms with Crippen molar-refractivity contribution in [2.45, 2.75) is 90.9 Å². The van der Waals surface area contributed by atoms with Gasteiger partial charge in [0.05, 0.1) is 5.69 Å². The lowest BCUT2D eigenvalue weighted by molar-refractivity contribution is 0.250. The van der Waals surface area contributed by atoms with E-state index in [-0.39, 0.29) is 0 Å². The van der Waals surface area contributed by atoms with Crippen LogP contribution in [0.15, 0.2) is 42.6 Å². The van der Waals surface area contributed by atoms with Crippen LogP contribution in [0.3, 0.4) is 0 Å². The van der Waals surface area contributed by atoms with Crippen LogP contribution in [0, 0.1) is 11.8 Å². The van der Waals surface area contributed by atoms with Gasteiger partial charge in [-0.3, -0.25) is 4.98 Å². The highest BCUT2D eigenvalue weighted by Crippen LogP contribution is 2.34. The third kappa shape index (κ3) is 6.47. The fourth-order valence-electron chi connectivity index (χ4n) is 4.64. The van der Waals surface area contributed by atoms with Crippen LogP contribution in [-0.4, -0.2) is 4.98 Å². The van der Waals surface area contributed by atoms with Crippen molar-refractivity contribution in [3.8, 4) is 11.3 Å². The monoisotopic (exact) mass is 377 g/mol. The van der Waals surface area contributed by atoms with Crippen LogP contribution in [0.5, 0.6) is 0 Å². The highest BCUT2D eigenvalue weighted by molar-refractivity contribution is 5.59. The molecule has 0 amide bonds. The summed E-state index contributed by atoms with van der Waals surface area (Å²) in [5.41, 5.74) is 5.17. The van der Waals surface area contributed by atoms with Gasteiger partial charge in [0.25, 0.3) is 0 Å². The van der Waals surface area contributed by atoms with E-state index < -0.39 is 0 Å². The van der Waals surface area contributed by atoms with Gasteiger partial charge in [0, 0.05) is 11.8 Å². The molecule has 0 saturated heterocycles. The minimum atomic E-state index is 0.954. The zero-order valence-corrected chi connectivity index (χ0v) is 18.1. The number of benzene rings is 1. The molecule has 0 unspecified atom stereocenters. The van der Waals surface area contributed by atoms with E-state index in [1.807, 2.05) is 0 Å². The van der Waals surface area contributed by atoms with Gasteiger partial charge in [0.1, 0.15) is 0 Å². The summed E-state index contributed by atoms with van der Waals surface area (Å²) >= 11 is 0. The predicted octanol–water partition coefficient (Wildman–Crippen LogP) is 8.02. The predicted molar refractivity (Wildman–Crippen MR) is 122 cm³/mol. The largest absolute Gasteiger partial charge is 0.256 e. The van der Waals surface area contributed by atoms with Crippen molar-refractivity contribution in [2.75, 3.05) is 0 Å². The Kier molecular flexibility index (Phi) is 8.58. The fourth-order valence-corrected chi connectivity index (χ4v) is 4.64. The van der Waals surface area contributed by atoms with Crippen molar-refractivity contribution in [3.05, 3.63) is 53.7 Å². The second-order valence-corrected chi connectivity index (χ2v) is 8.92. The van der Waals surface area contributed by atoms with Gasteiger partial charge in [-0.2, -0.15) is 0 Å². The van der Waals surface area contributed by atoms with Crippen LogP contribution in [0.1, 0.15) is 89.2 Å². The lowest BCUT2D eigenvalue weighted by Crippen LogP contribution is -2.15. The summed E-state index contributed by atoms with van der Waals surface area (Å²) in [5.74, 6) is 1.98. The summed E-state index contributed by atoms with van der Waals surface area (Å²) < 4.78 is 0. The highest BCUT2D eigenvalue weighted by Gasteiger charge is 2.20. The minimum Gasteiger partial charge on any atom is -0.256 e. The zero-order chi connectivity index (χ0) is 19.6. The van der Waals surface area contributed by atoms with Gasteiger partial charge in [0.2, 0.25) is 0 Å². The average Bonchev–Trinajstić information content (AvgIpc) is 2.76. The first-order valence-corrected chi connectivity index (χ1v) is 11.8. The number of rotatable bonds is 10. The first-order valence-electron chi connectivity index (χ1n) is 11.8. The summed E-state index contributed by atoms with van der Waals surface area (Å²) in [5, 5.41) is 0. The number of nitrogens with zero attached hydrogens (tertiary/aromatic N) is 1. The second kappa shape index (κ2) is 11.4. The van der Waals surface area contributed by atoms with Gasteiger partial charge >= 0.3 is 0 Å². The Morgan fingerprint density at radius 2 is 1.36 bits per heavy atom. The van der Waals surface area contributed by atoms with Crippen molar-refractivity contribution in [1.82, 2.24) is 4.98 Å². The molecule has 0 atom stereocenters. The molecule has 3 rings (SSSR count). The molecular weight excluding hydrogens is 338 g/mol. The molecule has 2 aromatic rings. The Hall–Kier alpha value is -1.63. The molecule has 1 fully saturated rings. The number of pyridine rings is 1. The van der Waals surface area contributed by atoms with Crippen molar-refractivity contribution in [3.63, 3.8) is 0 Å². The SMILES string of the molecule is CCCCc1ccc(-c2ccc(CC[C@H]3CC[C@H](CCCC)CC3)cc2)nc1. The van der Waals surface area contributed by atoms with E-state index in [9.17, 15) is 0 Å². The fraction of sp³-hybridized carbons (Fsp3) is 0.593. The van der Waals surface area contributed by atoms with E-state index in [2.05, 4.69) is 61.4 Å². The maximum Gasteiger partial charge on any atom is 0.0702 e. The Morgan fingerprint density at radius 3 is 1.96 bits per heavy atom. The second-order valence-electron chi connectivity index (χ2n) is 8.92. The van der Waals surface area contributed by atoms with Gasteiger partial charge in [0.15, 0.2) is 0 Å². The molecule has 0 N–H and O–H groups in total. The first kappa shape index (κ1) is 21.1. The van der Waals surface area contributed by atoms with Gasteiger partial charge in [-0.15, -0.1) is 0 Å². The molecule has 1 aromatic carbocycles. The van der Waals surface area contributed by atoms with E-state index in [4.69, 9.17) is 0 Å². The summed E-state index contributed by atoms with van der Waals surface area (Å²) in [4.78, 5) is 4.68. The maximum absolute atomic E-state index is 4.68. The van der Waals surface area contributed by atoms with Gasteiger partial charge in [-0.05, 0) is 54.7 Å². The molecule has 1 aliphatic carbocycles. The van der Waals surface area contributed by atoms with Crippen LogP contribution in [0.2, 0.25) is 0 Å². The number of aryl methyl sites for hydroxylation is 2. The summed E-state index contributed by atoms with van der Waals surface area (Å²) in [6.07, 6.45) is 18.4. The van der Waals surface area contributed by atoms with Crippen LogP contribution in [0.4, 0.5) is 0 Å². The molecule has 1 heterocycles. The van der Waals surface area contributed by atoms with Gasteiger partial charge in [-0.1, -0.05) is 95.5 Å². The lowest BCUT2D eigenvalue weighted by atomic mass is 9.78. The molecule has 1 aliphatic rings. The maximum atomic E-state index is 4.68.